The number of nitro benzene ring substituents is 1. The molecule has 8 heteroatoms. The van der Waals surface area contributed by atoms with Crippen molar-refractivity contribution in [1.29, 1.82) is 0 Å². The Hall–Kier alpha value is -2.74. The van der Waals surface area contributed by atoms with Gasteiger partial charge in [0.1, 0.15) is 0 Å². The van der Waals surface area contributed by atoms with Crippen molar-refractivity contribution >= 4 is 27.1 Å². The molecule has 0 unspecified atom stereocenters. The van der Waals surface area contributed by atoms with Crippen molar-refractivity contribution in [2.75, 3.05) is 11.6 Å². The van der Waals surface area contributed by atoms with Crippen LogP contribution in [0.4, 0.5) is 11.4 Å². The highest BCUT2D eigenvalue weighted by Gasteiger charge is 2.17. The maximum atomic E-state index is 12.3. The van der Waals surface area contributed by atoms with Crippen LogP contribution in [0.1, 0.15) is 15.9 Å². The van der Waals surface area contributed by atoms with E-state index in [4.69, 9.17) is 0 Å². The summed E-state index contributed by atoms with van der Waals surface area (Å²) in [5.41, 5.74) is 0.629. The molecular formula is C15H14N2O5S. The SMILES string of the molecule is Cc1cc(C(=O)Nc2ccccc2S(C)(=O)=O)ccc1[N+](=O)[O-]. The number of nitrogens with one attached hydrogen (secondary N) is 1. The number of carbonyl (C=O) groups is 1. The third kappa shape index (κ3) is 3.72. The number of benzene rings is 2. The third-order valence-corrected chi connectivity index (χ3v) is 4.35. The Kier molecular flexibility index (Phi) is 4.46. The summed E-state index contributed by atoms with van der Waals surface area (Å²) in [6, 6.07) is 9.98. The van der Waals surface area contributed by atoms with Crippen LogP contribution < -0.4 is 5.32 Å². The van der Waals surface area contributed by atoms with Crippen molar-refractivity contribution in [2.24, 2.45) is 0 Å². The molecule has 0 saturated heterocycles. The van der Waals surface area contributed by atoms with Crippen LogP contribution in [0.5, 0.6) is 0 Å². The Morgan fingerprint density at radius 1 is 1.17 bits per heavy atom. The zero-order valence-electron chi connectivity index (χ0n) is 12.4. The number of amides is 1. The van der Waals surface area contributed by atoms with Crippen molar-refractivity contribution in [3.05, 3.63) is 63.7 Å². The molecule has 0 radical (unpaired) electrons. The molecule has 2 aromatic carbocycles. The van der Waals surface area contributed by atoms with Crippen molar-refractivity contribution in [2.45, 2.75) is 11.8 Å². The van der Waals surface area contributed by atoms with Crippen LogP contribution in [-0.2, 0) is 9.84 Å². The summed E-state index contributed by atoms with van der Waals surface area (Å²) in [4.78, 5) is 22.5. The lowest BCUT2D eigenvalue weighted by Gasteiger charge is -2.10. The van der Waals surface area contributed by atoms with E-state index in [1.807, 2.05) is 0 Å². The lowest BCUT2D eigenvalue weighted by molar-refractivity contribution is -0.385. The lowest BCUT2D eigenvalue weighted by atomic mass is 10.1. The molecule has 0 saturated carbocycles. The second-order valence-corrected chi connectivity index (χ2v) is 6.96. The highest BCUT2D eigenvalue weighted by Crippen LogP contribution is 2.23. The van der Waals surface area contributed by atoms with Crippen molar-refractivity contribution < 1.29 is 18.1 Å². The van der Waals surface area contributed by atoms with Crippen LogP contribution in [0.25, 0.3) is 0 Å². The summed E-state index contributed by atoms with van der Waals surface area (Å²) in [5.74, 6) is -0.543. The topological polar surface area (TPSA) is 106 Å². The number of carbonyl (C=O) groups excluding carboxylic acids is 1. The van der Waals surface area contributed by atoms with Crippen LogP contribution in [0, 0.1) is 17.0 Å². The molecule has 120 valence electrons. The number of para-hydroxylation sites is 1. The monoisotopic (exact) mass is 334 g/mol. The van der Waals surface area contributed by atoms with E-state index in [2.05, 4.69) is 5.32 Å². The zero-order valence-corrected chi connectivity index (χ0v) is 13.3. The number of nitrogens with zero attached hydrogens (tertiary/aromatic N) is 1. The van der Waals surface area contributed by atoms with Gasteiger partial charge in [-0.2, -0.15) is 0 Å². The molecule has 2 rings (SSSR count). The van der Waals surface area contributed by atoms with Crippen molar-refractivity contribution in [1.82, 2.24) is 0 Å². The van der Waals surface area contributed by atoms with E-state index >= 15 is 0 Å². The van der Waals surface area contributed by atoms with Gasteiger partial charge >= 0.3 is 0 Å². The number of rotatable bonds is 4. The van der Waals surface area contributed by atoms with Gasteiger partial charge in [-0.25, -0.2) is 8.42 Å². The van der Waals surface area contributed by atoms with Crippen LogP contribution in [0.2, 0.25) is 0 Å². The highest BCUT2D eigenvalue weighted by atomic mass is 32.2. The molecule has 7 nitrogen and oxygen atoms in total. The van der Waals surface area contributed by atoms with Crippen LogP contribution in [0.3, 0.4) is 0 Å². The number of sulfone groups is 1. The minimum absolute atomic E-state index is 0.00647. The predicted octanol–water partition coefficient (Wildman–Crippen LogP) is 2.56. The number of anilines is 1. The normalized spacial score (nSPS) is 11.0. The van der Waals surface area contributed by atoms with Crippen LogP contribution >= 0.6 is 0 Å². The maximum absolute atomic E-state index is 12.3. The molecular weight excluding hydrogens is 320 g/mol. The van der Waals surface area contributed by atoms with E-state index in [-0.39, 0.29) is 21.8 Å². The molecule has 1 amide bonds. The minimum Gasteiger partial charge on any atom is -0.321 e. The summed E-state index contributed by atoms with van der Waals surface area (Å²) >= 11 is 0. The van der Waals surface area contributed by atoms with E-state index in [1.54, 1.807) is 12.1 Å². The van der Waals surface area contributed by atoms with Gasteiger partial charge in [0.2, 0.25) is 0 Å². The molecule has 0 bridgehead atoms. The average Bonchev–Trinajstić information content (AvgIpc) is 2.46. The largest absolute Gasteiger partial charge is 0.321 e. The Bertz CT molecular complexity index is 890. The molecule has 0 aliphatic rings. The number of hydrogen-bond donors (Lipinski definition) is 1. The minimum atomic E-state index is -3.49. The van der Waals surface area contributed by atoms with Gasteiger partial charge in [-0.3, -0.25) is 14.9 Å². The molecule has 0 atom stereocenters. The standard InChI is InChI=1S/C15H14N2O5S/c1-10-9-11(7-8-13(10)17(19)20)15(18)16-12-5-3-4-6-14(12)23(2,21)22/h3-9H,1-2H3,(H,16,18). The molecule has 2 aromatic rings. The first-order valence-corrected chi connectivity index (χ1v) is 8.45. The summed E-state index contributed by atoms with van der Waals surface area (Å²) in [7, 11) is -3.49. The smallest absolute Gasteiger partial charge is 0.272 e. The molecule has 0 fully saturated rings. The first-order valence-electron chi connectivity index (χ1n) is 6.55. The van der Waals surface area contributed by atoms with Crippen LogP contribution in [-0.4, -0.2) is 25.5 Å². The molecule has 0 aliphatic carbocycles. The molecule has 23 heavy (non-hydrogen) atoms. The van der Waals surface area contributed by atoms with E-state index in [9.17, 15) is 23.3 Å². The molecule has 0 aromatic heterocycles. The summed E-state index contributed by atoms with van der Waals surface area (Å²) in [6.45, 7) is 1.53. The van der Waals surface area contributed by atoms with Gasteiger partial charge in [0.25, 0.3) is 11.6 Å². The molecule has 0 spiro atoms. The lowest BCUT2D eigenvalue weighted by Crippen LogP contribution is -2.14. The Morgan fingerprint density at radius 2 is 1.83 bits per heavy atom. The fourth-order valence-electron chi connectivity index (χ4n) is 2.09. The summed E-state index contributed by atoms with van der Waals surface area (Å²) in [5, 5.41) is 13.3. The van der Waals surface area contributed by atoms with Gasteiger partial charge in [0, 0.05) is 23.4 Å². The van der Waals surface area contributed by atoms with Gasteiger partial charge in [-0.05, 0) is 31.2 Å². The average molecular weight is 334 g/mol. The fraction of sp³-hybridized carbons (Fsp3) is 0.133. The number of nitro groups is 1. The second-order valence-electron chi connectivity index (χ2n) is 4.98. The summed E-state index contributed by atoms with van der Waals surface area (Å²) in [6.07, 6.45) is 1.05. The van der Waals surface area contributed by atoms with E-state index in [0.29, 0.717) is 5.56 Å². The predicted molar refractivity (Wildman–Crippen MR) is 85.3 cm³/mol. The van der Waals surface area contributed by atoms with Gasteiger partial charge < -0.3 is 5.32 Å². The number of hydrogen-bond acceptors (Lipinski definition) is 5. The number of aryl methyl sites for hydroxylation is 1. The van der Waals surface area contributed by atoms with Gasteiger partial charge in [0.15, 0.2) is 9.84 Å². The first-order chi connectivity index (χ1) is 10.7. The maximum Gasteiger partial charge on any atom is 0.272 e. The van der Waals surface area contributed by atoms with E-state index in [1.165, 1.54) is 37.3 Å². The molecule has 0 heterocycles. The highest BCUT2D eigenvalue weighted by molar-refractivity contribution is 7.90. The second kappa shape index (κ2) is 6.17. The van der Waals surface area contributed by atoms with Crippen LogP contribution in [0.15, 0.2) is 47.4 Å². The Morgan fingerprint density at radius 3 is 2.39 bits per heavy atom. The van der Waals surface area contributed by atoms with Gasteiger partial charge in [-0.1, -0.05) is 12.1 Å². The van der Waals surface area contributed by atoms with Gasteiger partial charge in [0.05, 0.1) is 15.5 Å². The van der Waals surface area contributed by atoms with E-state index in [0.717, 1.165) is 6.26 Å². The first kappa shape index (κ1) is 16.6. The Labute approximate surface area is 133 Å². The van der Waals surface area contributed by atoms with E-state index < -0.39 is 20.7 Å². The zero-order chi connectivity index (χ0) is 17.2. The van der Waals surface area contributed by atoms with Gasteiger partial charge in [-0.15, -0.1) is 0 Å². The van der Waals surface area contributed by atoms with Crippen molar-refractivity contribution in [3.8, 4) is 0 Å². The Balaban J connectivity index is 2.34. The van der Waals surface area contributed by atoms with Crippen molar-refractivity contribution in [3.63, 3.8) is 0 Å². The third-order valence-electron chi connectivity index (χ3n) is 3.19. The molecule has 0 aliphatic heterocycles. The molecule has 1 N–H and O–H groups in total. The summed E-state index contributed by atoms with van der Waals surface area (Å²) < 4.78 is 23.4. The quantitative estimate of drug-likeness (QED) is 0.683. The fourth-order valence-corrected chi connectivity index (χ4v) is 2.93.